The molecule has 2 N–H and O–H groups in total. The monoisotopic (exact) mass is 247 g/mol. The molecule has 0 radical (unpaired) electrons. The zero-order valence-corrected chi connectivity index (χ0v) is 11.3. The lowest BCUT2D eigenvalue weighted by Gasteiger charge is -2.43. The Morgan fingerprint density at radius 3 is 2.67 bits per heavy atom. The number of hydrogen-bond donors (Lipinski definition) is 1. The fourth-order valence-electron chi connectivity index (χ4n) is 2.94. The Labute approximate surface area is 108 Å². The summed E-state index contributed by atoms with van der Waals surface area (Å²) in [6.07, 6.45) is 3.36. The number of fused-ring (bicyclic) bond motifs is 1. The first-order chi connectivity index (χ1) is 8.47. The zero-order valence-electron chi connectivity index (χ0n) is 11.3. The lowest BCUT2D eigenvalue weighted by Crippen LogP contribution is -2.46. The van der Waals surface area contributed by atoms with E-state index in [1.807, 2.05) is 18.2 Å². The summed E-state index contributed by atoms with van der Waals surface area (Å²) >= 11 is 0. The lowest BCUT2D eigenvalue weighted by molar-refractivity contribution is -0.00910. The van der Waals surface area contributed by atoms with Crippen LogP contribution < -0.4 is 15.2 Å². The second-order valence-corrected chi connectivity index (χ2v) is 6.11. The van der Waals surface area contributed by atoms with Gasteiger partial charge in [0.15, 0.2) is 0 Å². The number of rotatable bonds is 2. The molecule has 3 rings (SSSR count). The number of nitrogens with two attached hydrogens (primary N) is 1. The maximum absolute atomic E-state index is 6.32. The highest BCUT2D eigenvalue weighted by molar-refractivity contribution is 5.45. The summed E-state index contributed by atoms with van der Waals surface area (Å²) in [7, 11) is 1.67. The van der Waals surface area contributed by atoms with Gasteiger partial charge in [0, 0.05) is 29.5 Å². The van der Waals surface area contributed by atoms with Crippen LogP contribution in [0.3, 0.4) is 0 Å². The Bertz CT molecular complexity index is 481. The molecule has 0 spiro atoms. The summed E-state index contributed by atoms with van der Waals surface area (Å²) < 4.78 is 11.6. The summed E-state index contributed by atoms with van der Waals surface area (Å²) in [6, 6.07) is 5.98. The number of hydrogen-bond acceptors (Lipinski definition) is 3. The molecule has 3 nitrogen and oxygen atoms in total. The molecular weight excluding hydrogens is 226 g/mol. The van der Waals surface area contributed by atoms with E-state index in [4.69, 9.17) is 15.2 Å². The van der Waals surface area contributed by atoms with Gasteiger partial charge >= 0.3 is 0 Å². The third-order valence-corrected chi connectivity index (χ3v) is 4.84. The van der Waals surface area contributed by atoms with E-state index in [2.05, 4.69) is 13.8 Å². The van der Waals surface area contributed by atoms with Crippen LogP contribution in [0.2, 0.25) is 0 Å². The average Bonchev–Trinajstić information content (AvgIpc) is 3.08. The van der Waals surface area contributed by atoms with Gasteiger partial charge in [-0.05, 0) is 25.8 Å². The van der Waals surface area contributed by atoms with Gasteiger partial charge in [-0.25, -0.2) is 0 Å². The molecular formula is C15H21NO2. The van der Waals surface area contributed by atoms with Crippen molar-refractivity contribution in [1.29, 1.82) is 0 Å². The second-order valence-electron chi connectivity index (χ2n) is 6.11. The Hall–Kier alpha value is -1.22. The molecule has 0 bridgehead atoms. The highest BCUT2D eigenvalue weighted by atomic mass is 16.5. The van der Waals surface area contributed by atoms with Gasteiger partial charge in [0.25, 0.3) is 0 Å². The van der Waals surface area contributed by atoms with E-state index >= 15 is 0 Å². The minimum atomic E-state index is -0.147. The molecule has 1 aromatic rings. The zero-order chi connectivity index (χ0) is 13.0. The first-order valence-corrected chi connectivity index (χ1v) is 6.60. The van der Waals surface area contributed by atoms with Gasteiger partial charge in [0.2, 0.25) is 0 Å². The Morgan fingerprint density at radius 1 is 1.33 bits per heavy atom. The number of benzene rings is 1. The molecule has 2 atom stereocenters. The first kappa shape index (κ1) is 11.8. The first-order valence-electron chi connectivity index (χ1n) is 6.60. The van der Waals surface area contributed by atoms with Gasteiger partial charge in [-0.2, -0.15) is 0 Å². The van der Waals surface area contributed by atoms with E-state index in [1.54, 1.807) is 7.11 Å². The fourth-order valence-corrected chi connectivity index (χ4v) is 2.94. The number of ether oxygens (including phenoxy) is 2. The van der Waals surface area contributed by atoms with Crippen molar-refractivity contribution in [3.63, 3.8) is 0 Å². The molecule has 1 heterocycles. The van der Waals surface area contributed by atoms with Crippen molar-refractivity contribution in [2.75, 3.05) is 7.11 Å². The predicted molar refractivity (Wildman–Crippen MR) is 70.9 cm³/mol. The van der Waals surface area contributed by atoms with Crippen molar-refractivity contribution < 1.29 is 9.47 Å². The largest absolute Gasteiger partial charge is 0.497 e. The molecule has 2 aliphatic rings. The maximum atomic E-state index is 6.32. The molecule has 0 amide bonds. The summed E-state index contributed by atoms with van der Waals surface area (Å²) in [5.74, 6) is 1.72. The van der Waals surface area contributed by atoms with Crippen molar-refractivity contribution in [2.24, 2.45) is 11.1 Å². The van der Waals surface area contributed by atoms with Crippen LogP contribution in [0.5, 0.6) is 11.5 Å². The predicted octanol–water partition coefficient (Wildman–Crippen LogP) is 3.04. The van der Waals surface area contributed by atoms with Crippen molar-refractivity contribution in [2.45, 2.75) is 44.8 Å². The molecule has 1 unspecified atom stereocenters. The van der Waals surface area contributed by atoms with Crippen LogP contribution >= 0.6 is 0 Å². The van der Waals surface area contributed by atoms with Crippen LogP contribution in [0.25, 0.3) is 0 Å². The molecule has 0 aromatic heterocycles. The van der Waals surface area contributed by atoms with Gasteiger partial charge < -0.3 is 15.2 Å². The van der Waals surface area contributed by atoms with Crippen molar-refractivity contribution >= 4 is 0 Å². The summed E-state index contributed by atoms with van der Waals surface area (Å²) in [6.45, 7) is 4.49. The summed E-state index contributed by atoms with van der Waals surface area (Å²) in [5, 5.41) is 0. The average molecular weight is 247 g/mol. The van der Waals surface area contributed by atoms with E-state index in [-0.39, 0.29) is 17.1 Å². The molecule has 0 saturated heterocycles. The molecule has 18 heavy (non-hydrogen) atoms. The third-order valence-electron chi connectivity index (χ3n) is 4.84. The van der Waals surface area contributed by atoms with Crippen molar-refractivity contribution in [1.82, 2.24) is 0 Å². The van der Waals surface area contributed by atoms with Crippen LogP contribution in [0.15, 0.2) is 18.2 Å². The molecule has 1 saturated carbocycles. The molecule has 1 aliphatic carbocycles. The molecule has 3 heteroatoms. The highest BCUT2D eigenvalue weighted by Gasteiger charge is 2.57. The van der Waals surface area contributed by atoms with E-state index in [1.165, 1.54) is 12.8 Å². The topological polar surface area (TPSA) is 44.5 Å². The van der Waals surface area contributed by atoms with E-state index in [0.29, 0.717) is 0 Å². The fraction of sp³-hybridized carbons (Fsp3) is 0.600. The molecule has 98 valence electrons. The molecule has 1 aliphatic heterocycles. The third kappa shape index (κ3) is 1.61. The van der Waals surface area contributed by atoms with Gasteiger partial charge in [0.1, 0.15) is 17.1 Å². The highest BCUT2D eigenvalue weighted by Crippen LogP contribution is 2.59. The smallest absolute Gasteiger partial charge is 0.128 e. The summed E-state index contributed by atoms with van der Waals surface area (Å²) in [5.41, 5.74) is 7.55. The Kier molecular flexibility index (Phi) is 2.39. The van der Waals surface area contributed by atoms with Gasteiger partial charge in [-0.15, -0.1) is 0 Å². The number of methoxy groups -OCH3 is 1. The summed E-state index contributed by atoms with van der Waals surface area (Å²) in [4.78, 5) is 0. The quantitative estimate of drug-likeness (QED) is 0.873. The standard InChI is InChI=1S/C15H21NO2/c1-14(6-7-14)15(2)9-12(16)11-5-4-10(17-3)8-13(11)18-15/h4-5,8,12H,6-7,9,16H2,1-3H3/t12-,15?/m1/s1. The van der Waals surface area contributed by atoms with Gasteiger partial charge in [-0.3, -0.25) is 0 Å². The normalized spacial score (nSPS) is 32.3. The van der Waals surface area contributed by atoms with Crippen molar-refractivity contribution in [3.05, 3.63) is 23.8 Å². The Morgan fingerprint density at radius 2 is 2.06 bits per heavy atom. The van der Waals surface area contributed by atoms with Gasteiger partial charge in [-0.1, -0.05) is 13.0 Å². The molecule has 1 aromatic carbocycles. The SMILES string of the molecule is COc1ccc2c(c1)OC(C)(C1(C)CC1)C[C@H]2N. The minimum absolute atomic E-state index is 0.0575. The van der Waals surface area contributed by atoms with Crippen LogP contribution in [-0.2, 0) is 0 Å². The lowest BCUT2D eigenvalue weighted by atomic mass is 9.78. The molecule has 1 fully saturated rings. The van der Waals surface area contributed by atoms with Crippen LogP contribution in [0, 0.1) is 5.41 Å². The van der Waals surface area contributed by atoms with Crippen LogP contribution in [0.4, 0.5) is 0 Å². The van der Waals surface area contributed by atoms with E-state index in [9.17, 15) is 0 Å². The van der Waals surface area contributed by atoms with E-state index in [0.717, 1.165) is 23.5 Å². The van der Waals surface area contributed by atoms with Gasteiger partial charge in [0.05, 0.1) is 7.11 Å². The second kappa shape index (κ2) is 3.64. The minimum Gasteiger partial charge on any atom is -0.497 e. The van der Waals surface area contributed by atoms with Crippen LogP contribution in [0.1, 0.15) is 44.7 Å². The van der Waals surface area contributed by atoms with E-state index < -0.39 is 0 Å². The Balaban J connectivity index is 2.00. The van der Waals surface area contributed by atoms with Crippen LogP contribution in [-0.4, -0.2) is 12.7 Å². The van der Waals surface area contributed by atoms with Crippen molar-refractivity contribution in [3.8, 4) is 11.5 Å². The maximum Gasteiger partial charge on any atom is 0.128 e.